The van der Waals surface area contributed by atoms with Gasteiger partial charge in [-0.2, -0.15) is 0 Å². The standard InChI is InChI=1S/C23H23N9O5S3/c1-31-23(28-29-30-31)40-9-12-8-38-20-16(19(35)32(20)17(12)21(36)37)27-18(34)15(11-5-3-2-4-6-11)26-14(33)7-13-10-39-22(24)25-13/h2-6,10,15-16,20H,7-9H2,1H3,(H2,24,25)(H,26,33)(H,27,34)(H,36,37)/t15-,16?,20-/m1/s1. The molecular weight excluding hydrogens is 579 g/mol. The predicted molar refractivity (Wildman–Crippen MR) is 147 cm³/mol. The molecule has 4 heterocycles. The van der Waals surface area contributed by atoms with Gasteiger partial charge < -0.3 is 21.5 Å². The number of rotatable bonds is 10. The third kappa shape index (κ3) is 5.66. The number of β-lactam (4-membered cyclic amide) rings is 1. The maximum absolute atomic E-state index is 13.4. The van der Waals surface area contributed by atoms with Crippen molar-refractivity contribution in [2.24, 2.45) is 7.05 Å². The SMILES string of the molecule is Cn1nnnc1SCC1=C(C(=O)O)N2C(=O)C(NC(=O)[C@H](NC(=O)Cc3csc(N)n3)c3ccccc3)[C@H]2SC1. The summed E-state index contributed by atoms with van der Waals surface area (Å²) >= 11 is 3.83. The number of hydrogen-bond acceptors (Lipinski definition) is 12. The first-order valence-corrected chi connectivity index (χ1v) is 14.7. The third-order valence-electron chi connectivity index (χ3n) is 6.12. The normalized spacial score (nSPS) is 19.0. The van der Waals surface area contributed by atoms with Crippen LogP contribution in [0.25, 0.3) is 0 Å². The van der Waals surface area contributed by atoms with E-state index in [4.69, 9.17) is 5.73 Å². The van der Waals surface area contributed by atoms with Crippen LogP contribution in [-0.2, 0) is 32.6 Å². The molecule has 0 bridgehead atoms. The summed E-state index contributed by atoms with van der Waals surface area (Å²) in [4.78, 5) is 56.8. The molecule has 1 unspecified atom stereocenters. The molecular formula is C23H23N9O5S3. The van der Waals surface area contributed by atoms with E-state index in [9.17, 15) is 24.3 Å². The molecule has 0 aliphatic carbocycles. The van der Waals surface area contributed by atoms with Gasteiger partial charge in [0, 0.05) is 23.9 Å². The van der Waals surface area contributed by atoms with E-state index in [0.717, 1.165) is 0 Å². The molecule has 1 saturated heterocycles. The molecule has 2 aliphatic rings. The smallest absolute Gasteiger partial charge is 0.352 e. The number of aliphatic carboxylic acids is 1. The average Bonchev–Trinajstić information content (AvgIpc) is 3.55. The highest BCUT2D eigenvalue weighted by atomic mass is 32.2. The van der Waals surface area contributed by atoms with Crippen LogP contribution in [-0.4, -0.2) is 81.8 Å². The van der Waals surface area contributed by atoms with Gasteiger partial charge in [0.05, 0.1) is 12.1 Å². The maximum Gasteiger partial charge on any atom is 0.352 e. The number of tetrazole rings is 1. The summed E-state index contributed by atoms with van der Waals surface area (Å²) in [5, 5.41) is 28.5. The molecule has 1 fully saturated rings. The highest BCUT2D eigenvalue weighted by molar-refractivity contribution is 8.01. The highest BCUT2D eigenvalue weighted by Gasteiger charge is 2.54. The largest absolute Gasteiger partial charge is 0.477 e. The van der Waals surface area contributed by atoms with Crippen molar-refractivity contribution in [2.45, 2.75) is 29.0 Å². The van der Waals surface area contributed by atoms with Crippen molar-refractivity contribution in [3.63, 3.8) is 0 Å². The predicted octanol–water partition coefficient (Wildman–Crippen LogP) is 0.180. The van der Waals surface area contributed by atoms with Crippen LogP contribution in [0.5, 0.6) is 0 Å². The number of fused-ring (bicyclic) bond motifs is 1. The molecule has 2 aromatic heterocycles. The summed E-state index contributed by atoms with van der Waals surface area (Å²) < 4.78 is 1.47. The first-order chi connectivity index (χ1) is 19.2. The Hall–Kier alpha value is -3.96. The van der Waals surface area contributed by atoms with Crippen molar-refractivity contribution >= 4 is 63.7 Å². The van der Waals surface area contributed by atoms with Gasteiger partial charge in [-0.15, -0.1) is 28.2 Å². The minimum atomic E-state index is -1.23. The Kier molecular flexibility index (Phi) is 8.04. The second kappa shape index (κ2) is 11.6. The van der Waals surface area contributed by atoms with Gasteiger partial charge in [-0.05, 0) is 21.6 Å². The van der Waals surface area contributed by atoms with E-state index in [1.807, 2.05) is 0 Å². The van der Waals surface area contributed by atoms with Crippen LogP contribution < -0.4 is 16.4 Å². The Morgan fingerprint density at radius 1 is 1.27 bits per heavy atom. The van der Waals surface area contributed by atoms with Gasteiger partial charge in [0.15, 0.2) is 5.13 Å². The van der Waals surface area contributed by atoms with E-state index >= 15 is 0 Å². The number of anilines is 1. The van der Waals surface area contributed by atoms with Gasteiger partial charge in [-0.3, -0.25) is 19.3 Å². The Morgan fingerprint density at radius 2 is 2.05 bits per heavy atom. The topological polar surface area (TPSA) is 198 Å². The first kappa shape index (κ1) is 27.6. The number of nitrogens with one attached hydrogen (secondary N) is 2. The van der Waals surface area contributed by atoms with Crippen molar-refractivity contribution in [3.8, 4) is 0 Å². The lowest BCUT2D eigenvalue weighted by Gasteiger charge is -2.49. The van der Waals surface area contributed by atoms with E-state index in [-0.39, 0.29) is 17.9 Å². The zero-order chi connectivity index (χ0) is 28.4. The van der Waals surface area contributed by atoms with Gasteiger partial charge in [0.25, 0.3) is 5.91 Å². The fourth-order valence-electron chi connectivity index (χ4n) is 4.25. The zero-order valence-electron chi connectivity index (χ0n) is 20.9. The lowest BCUT2D eigenvalue weighted by molar-refractivity contribution is -0.151. The van der Waals surface area contributed by atoms with Crippen molar-refractivity contribution in [2.75, 3.05) is 17.2 Å². The maximum atomic E-state index is 13.4. The molecule has 1 aromatic carbocycles. The second-order valence-corrected chi connectivity index (χ2v) is 11.7. The Balaban J connectivity index is 1.29. The molecule has 2 aliphatic heterocycles. The number of nitrogens with zero attached hydrogens (tertiary/aromatic N) is 6. The summed E-state index contributed by atoms with van der Waals surface area (Å²) in [6.45, 7) is 0. The highest BCUT2D eigenvalue weighted by Crippen LogP contribution is 2.41. The summed E-state index contributed by atoms with van der Waals surface area (Å²) in [5.41, 5.74) is 7.10. The fraction of sp³-hybridized carbons (Fsp3) is 0.304. The number of hydrogen-bond donors (Lipinski definition) is 4. The van der Waals surface area contributed by atoms with Gasteiger partial charge >= 0.3 is 5.97 Å². The Labute approximate surface area is 239 Å². The molecule has 208 valence electrons. The zero-order valence-corrected chi connectivity index (χ0v) is 23.3. The number of amides is 3. The van der Waals surface area contributed by atoms with E-state index in [2.05, 4.69) is 31.1 Å². The van der Waals surface area contributed by atoms with Gasteiger partial charge in [0.2, 0.25) is 17.0 Å². The number of benzene rings is 1. The molecule has 5 rings (SSSR count). The van der Waals surface area contributed by atoms with E-state index in [1.165, 1.54) is 44.4 Å². The monoisotopic (exact) mass is 601 g/mol. The van der Waals surface area contributed by atoms with E-state index < -0.39 is 41.1 Å². The van der Waals surface area contributed by atoms with Crippen molar-refractivity contribution in [1.29, 1.82) is 0 Å². The number of thioether (sulfide) groups is 2. The fourth-order valence-corrected chi connectivity index (χ4v) is 7.15. The minimum Gasteiger partial charge on any atom is -0.477 e. The summed E-state index contributed by atoms with van der Waals surface area (Å²) in [6, 6.07) is 6.59. The third-order valence-corrected chi connectivity index (χ3v) is 9.28. The van der Waals surface area contributed by atoms with E-state index in [1.54, 1.807) is 42.8 Å². The first-order valence-electron chi connectivity index (χ1n) is 11.8. The number of carboxylic acids is 1. The van der Waals surface area contributed by atoms with Crippen molar-refractivity contribution in [1.82, 2.24) is 40.7 Å². The number of carbonyl (C=O) groups excluding carboxylic acids is 3. The van der Waals surface area contributed by atoms with Crippen molar-refractivity contribution < 1.29 is 24.3 Å². The Bertz CT molecular complexity index is 1490. The van der Waals surface area contributed by atoms with Crippen LogP contribution in [0.4, 0.5) is 5.13 Å². The van der Waals surface area contributed by atoms with E-state index in [0.29, 0.717) is 32.9 Å². The molecule has 40 heavy (non-hydrogen) atoms. The number of nitrogens with two attached hydrogens (primary N) is 1. The number of carbonyl (C=O) groups is 4. The van der Waals surface area contributed by atoms with Crippen LogP contribution in [0.1, 0.15) is 17.3 Å². The molecule has 0 radical (unpaired) electrons. The molecule has 3 amide bonds. The summed E-state index contributed by atoms with van der Waals surface area (Å²) in [5.74, 6) is -2.18. The van der Waals surface area contributed by atoms with Crippen LogP contribution in [0.2, 0.25) is 0 Å². The number of nitrogen functional groups attached to an aromatic ring is 1. The molecule has 3 atom stereocenters. The minimum absolute atomic E-state index is 0.0725. The molecule has 3 aromatic rings. The lowest BCUT2D eigenvalue weighted by Crippen LogP contribution is -2.71. The van der Waals surface area contributed by atoms with Crippen molar-refractivity contribution in [3.05, 3.63) is 58.2 Å². The molecule has 14 nitrogen and oxygen atoms in total. The second-order valence-electron chi connectivity index (χ2n) is 8.79. The number of carboxylic acid groups (broad SMARTS) is 1. The molecule has 5 N–H and O–H groups in total. The quantitative estimate of drug-likeness (QED) is 0.182. The number of thiazole rings is 1. The average molecular weight is 602 g/mol. The van der Waals surface area contributed by atoms with Gasteiger partial charge in [0.1, 0.15) is 23.2 Å². The van der Waals surface area contributed by atoms with Gasteiger partial charge in [-0.1, -0.05) is 42.1 Å². The van der Waals surface area contributed by atoms with Crippen LogP contribution in [0.15, 0.2) is 52.1 Å². The molecule has 17 heteroatoms. The van der Waals surface area contributed by atoms with Crippen LogP contribution in [0, 0.1) is 0 Å². The summed E-state index contributed by atoms with van der Waals surface area (Å²) in [6.07, 6.45) is -0.0725. The Morgan fingerprint density at radius 3 is 2.70 bits per heavy atom. The number of aromatic nitrogens is 5. The van der Waals surface area contributed by atoms with Crippen LogP contribution >= 0.6 is 34.9 Å². The van der Waals surface area contributed by atoms with Crippen LogP contribution in [0.3, 0.4) is 0 Å². The molecule has 0 saturated carbocycles. The molecule has 0 spiro atoms. The number of aryl methyl sites for hydroxylation is 1. The van der Waals surface area contributed by atoms with Gasteiger partial charge in [-0.25, -0.2) is 14.5 Å². The summed E-state index contributed by atoms with van der Waals surface area (Å²) in [7, 11) is 1.67. The lowest BCUT2D eigenvalue weighted by atomic mass is 10.0.